The summed E-state index contributed by atoms with van der Waals surface area (Å²) in [5, 5.41) is 11.6. The van der Waals surface area contributed by atoms with Crippen LogP contribution in [-0.2, 0) is 4.79 Å². The van der Waals surface area contributed by atoms with Crippen LogP contribution in [-0.4, -0.2) is 12.5 Å². The third kappa shape index (κ3) is 4.55. The number of para-hydroxylation sites is 1. The van der Waals surface area contributed by atoms with Gasteiger partial charge in [0.1, 0.15) is 23.2 Å². The summed E-state index contributed by atoms with van der Waals surface area (Å²) >= 11 is 2.12. The molecule has 122 valence electrons. The maximum atomic E-state index is 13.6. The summed E-state index contributed by atoms with van der Waals surface area (Å²) in [4.78, 5) is 12.2. The third-order valence-electron chi connectivity index (χ3n) is 3.05. The molecular formula is C18H14FIN2O2. The summed E-state index contributed by atoms with van der Waals surface area (Å²) in [5.74, 6) is -0.477. The molecule has 0 aliphatic rings. The quantitative estimate of drug-likeness (QED) is 0.430. The van der Waals surface area contributed by atoms with E-state index in [9.17, 15) is 14.4 Å². The molecule has 24 heavy (non-hydrogen) atoms. The topological polar surface area (TPSA) is 62.1 Å². The zero-order chi connectivity index (χ0) is 17.5. The molecule has 0 unspecified atom stereocenters. The van der Waals surface area contributed by atoms with Crippen molar-refractivity contribution < 1.29 is 13.9 Å². The van der Waals surface area contributed by atoms with Gasteiger partial charge in [-0.3, -0.25) is 4.79 Å². The molecular weight excluding hydrogens is 422 g/mol. The van der Waals surface area contributed by atoms with E-state index in [0.717, 1.165) is 9.32 Å². The van der Waals surface area contributed by atoms with Crippen LogP contribution in [0, 0.1) is 20.7 Å². The molecule has 0 spiro atoms. The molecule has 2 aromatic rings. The van der Waals surface area contributed by atoms with Crippen molar-refractivity contribution in [1.82, 2.24) is 0 Å². The van der Waals surface area contributed by atoms with Crippen LogP contribution in [0.2, 0.25) is 0 Å². The smallest absolute Gasteiger partial charge is 0.266 e. The highest BCUT2D eigenvalue weighted by Gasteiger charge is 2.12. The van der Waals surface area contributed by atoms with Crippen LogP contribution in [0.1, 0.15) is 12.5 Å². The fraction of sp³-hybridized carbons (Fsp3) is 0.111. The maximum absolute atomic E-state index is 13.6. The average molecular weight is 436 g/mol. The number of nitriles is 1. The molecule has 0 saturated heterocycles. The van der Waals surface area contributed by atoms with Gasteiger partial charge in [0, 0.05) is 0 Å². The standard InChI is InChI=1S/C18H14FIN2O2/c1-2-24-17-8-7-12(10-15(17)20)9-13(11-21)18(23)22-16-6-4-3-5-14(16)19/h3-10H,2H2,1H3,(H,22,23)/b13-9-. The number of ether oxygens (including phenoxy) is 1. The van der Waals surface area contributed by atoms with E-state index in [1.54, 1.807) is 24.3 Å². The second kappa shape index (κ2) is 8.45. The number of rotatable bonds is 5. The first kappa shape index (κ1) is 17.9. The second-order valence-electron chi connectivity index (χ2n) is 4.73. The van der Waals surface area contributed by atoms with E-state index >= 15 is 0 Å². The van der Waals surface area contributed by atoms with Crippen LogP contribution >= 0.6 is 22.6 Å². The Hall–Kier alpha value is -2.40. The molecule has 1 amide bonds. The van der Waals surface area contributed by atoms with E-state index < -0.39 is 11.7 Å². The first-order valence-electron chi connectivity index (χ1n) is 7.15. The number of carbonyl (C=O) groups is 1. The Morgan fingerprint density at radius 3 is 2.75 bits per heavy atom. The van der Waals surface area contributed by atoms with Crippen molar-refractivity contribution in [3.05, 3.63) is 63.0 Å². The molecule has 0 saturated carbocycles. The SMILES string of the molecule is CCOc1ccc(/C=C(/C#N)C(=O)Nc2ccccc2F)cc1I. The molecule has 0 aromatic heterocycles. The fourth-order valence-corrected chi connectivity index (χ4v) is 2.64. The highest BCUT2D eigenvalue weighted by Crippen LogP contribution is 2.23. The molecule has 2 rings (SSSR count). The van der Waals surface area contributed by atoms with Gasteiger partial charge in [-0.05, 0) is 65.4 Å². The fourth-order valence-electron chi connectivity index (χ4n) is 1.95. The number of nitrogens with one attached hydrogen (secondary N) is 1. The third-order valence-corrected chi connectivity index (χ3v) is 3.90. The molecule has 0 bridgehead atoms. The summed E-state index contributed by atoms with van der Waals surface area (Å²) < 4.78 is 19.9. The zero-order valence-corrected chi connectivity index (χ0v) is 15.0. The van der Waals surface area contributed by atoms with Gasteiger partial charge in [-0.15, -0.1) is 0 Å². The summed E-state index contributed by atoms with van der Waals surface area (Å²) in [6, 6.07) is 13.0. The molecule has 2 aromatic carbocycles. The summed E-state index contributed by atoms with van der Waals surface area (Å²) in [6.45, 7) is 2.45. The van der Waals surface area contributed by atoms with Crippen LogP contribution in [0.5, 0.6) is 5.75 Å². The van der Waals surface area contributed by atoms with Gasteiger partial charge < -0.3 is 10.1 Å². The number of hydrogen-bond donors (Lipinski definition) is 1. The number of amides is 1. The summed E-state index contributed by atoms with van der Waals surface area (Å²) in [7, 11) is 0. The normalized spacial score (nSPS) is 10.8. The predicted octanol–water partition coefficient (Wildman–Crippen LogP) is 4.37. The van der Waals surface area contributed by atoms with E-state index in [-0.39, 0.29) is 11.3 Å². The average Bonchev–Trinajstić information content (AvgIpc) is 2.57. The van der Waals surface area contributed by atoms with Crippen molar-refractivity contribution >= 4 is 40.3 Å². The largest absolute Gasteiger partial charge is 0.493 e. The van der Waals surface area contributed by atoms with Crippen molar-refractivity contribution in [1.29, 1.82) is 5.26 Å². The van der Waals surface area contributed by atoms with Crippen molar-refractivity contribution in [3.63, 3.8) is 0 Å². The van der Waals surface area contributed by atoms with Gasteiger partial charge in [0.25, 0.3) is 5.91 Å². The predicted molar refractivity (Wildman–Crippen MR) is 98.9 cm³/mol. The van der Waals surface area contributed by atoms with Gasteiger partial charge in [0.15, 0.2) is 0 Å². The number of benzene rings is 2. The van der Waals surface area contributed by atoms with E-state index in [1.165, 1.54) is 24.3 Å². The molecule has 0 heterocycles. The molecule has 1 N–H and O–H groups in total. The number of halogens is 2. The van der Waals surface area contributed by atoms with Gasteiger partial charge >= 0.3 is 0 Å². The Kier molecular flexibility index (Phi) is 6.32. The lowest BCUT2D eigenvalue weighted by Gasteiger charge is -2.07. The van der Waals surface area contributed by atoms with Crippen LogP contribution in [0.4, 0.5) is 10.1 Å². The molecule has 6 heteroatoms. The lowest BCUT2D eigenvalue weighted by Crippen LogP contribution is -2.14. The lowest BCUT2D eigenvalue weighted by molar-refractivity contribution is -0.112. The van der Waals surface area contributed by atoms with E-state index in [1.807, 2.05) is 13.0 Å². The Morgan fingerprint density at radius 2 is 2.12 bits per heavy atom. The highest BCUT2D eigenvalue weighted by molar-refractivity contribution is 14.1. The highest BCUT2D eigenvalue weighted by atomic mass is 127. The maximum Gasteiger partial charge on any atom is 0.266 e. The molecule has 0 atom stereocenters. The van der Waals surface area contributed by atoms with Crippen LogP contribution in [0.25, 0.3) is 6.08 Å². The Morgan fingerprint density at radius 1 is 1.38 bits per heavy atom. The Balaban J connectivity index is 2.23. The first-order chi connectivity index (χ1) is 11.5. The number of carbonyl (C=O) groups excluding carboxylic acids is 1. The molecule has 0 fully saturated rings. The first-order valence-corrected chi connectivity index (χ1v) is 8.23. The van der Waals surface area contributed by atoms with Crippen molar-refractivity contribution in [2.75, 3.05) is 11.9 Å². The van der Waals surface area contributed by atoms with Gasteiger partial charge in [-0.25, -0.2) is 4.39 Å². The summed E-state index contributed by atoms with van der Waals surface area (Å²) in [6.07, 6.45) is 1.45. The van der Waals surface area contributed by atoms with Gasteiger partial charge in [-0.1, -0.05) is 18.2 Å². The van der Waals surface area contributed by atoms with Gasteiger partial charge in [-0.2, -0.15) is 5.26 Å². The second-order valence-corrected chi connectivity index (χ2v) is 5.89. The van der Waals surface area contributed by atoms with Crippen molar-refractivity contribution in [2.45, 2.75) is 6.92 Å². The number of anilines is 1. The monoisotopic (exact) mass is 436 g/mol. The van der Waals surface area contributed by atoms with E-state index in [4.69, 9.17) is 4.74 Å². The minimum absolute atomic E-state index is 0.0323. The Labute approximate surface area is 153 Å². The summed E-state index contributed by atoms with van der Waals surface area (Å²) in [5.41, 5.74) is 0.603. The Bertz CT molecular complexity index is 828. The van der Waals surface area contributed by atoms with Crippen LogP contribution in [0.15, 0.2) is 48.0 Å². The lowest BCUT2D eigenvalue weighted by atomic mass is 10.1. The molecule has 0 radical (unpaired) electrons. The van der Waals surface area contributed by atoms with Crippen LogP contribution < -0.4 is 10.1 Å². The van der Waals surface area contributed by atoms with Crippen molar-refractivity contribution in [3.8, 4) is 11.8 Å². The molecule has 4 nitrogen and oxygen atoms in total. The minimum Gasteiger partial charge on any atom is -0.493 e. The van der Waals surface area contributed by atoms with E-state index in [0.29, 0.717) is 12.2 Å². The molecule has 0 aliphatic heterocycles. The number of hydrogen-bond acceptors (Lipinski definition) is 3. The molecule has 0 aliphatic carbocycles. The van der Waals surface area contributed by atoms with Gasteiger partial charge in [0.2, 0.25) is 0 Å². The number of nitrogens with zero attached hydrogens (tertiary/aromatic N) is 1. The van der Waals surface area contributed by atoms with Gasteiger partial charge in [0.05, 0.1) is 15.9 Å². The van der Waals surface area contributed by atoms with E-state index in [2.05, 4.69) is 27.9 Å². The zero-order valence-electron chi connectivity index (χ0n) is 12.8. The minimum atomic E-state index is -0.661. The van der Waals surface area contributed by atoms with Crippen molar-refractivity contribution in [2.24, 2.45) is 0 Å². The van der Waals surface area contributed by atoms with Crippen LogP contribution in [0.3, 0.4) is 0 Å².